The fourth-order valence-corrected chi connectivity index (χ4v) is 9.70. The molecule has 0 bridgehead atoms. The lowest BCUT2D eigenvalue weighted by Crippen LogP contribution is -3.62. The third kappa shape index (κ3) is 5.40. The molecule has 0 unspecified atom stereocenters. The molecular formula is C30H40I+. The topological polar surface area (TPSA) is 0 Å². The van der Waals surface area contributed by atoms with Crippen LogP contribution in [-0.2, 0) is 0 Å². The number of hydrogen-bond acceptors (Lipinski definition) is 0. The van der Waals surface area contributed by atoms with Crippen molar-refractivity contribution in [3.63, 3.8) is 0 Å². The molecule has 0 amide bonds. The normalized spacial score (nSPS) is 21.9. The van der Waals surface area contributed by atoms with Crippen molar-refractivity contribution in [2.75, 3.05) is 0 Å². The van der Waals surface area contributed by atoms with Crippen molar-refractivity contribution in [3.05, 3.63) is 66.3 Å². The van der Waals surface area contributed by atoms with Gasteiger partial charge in [0.1, 0.15) is 0 Å². The predicted molar refractivity (Wildman–Crippen MR) is 128 cm³/mol. The SMILES string of the molecule is c1ccc([I+]c2c(C3CCCCC3)cc(C3CCCCC3)cc2C2CCCCC2)cc1. The first kappa shape index (κ1) is 22.0. The number of hydrogen-bond donors (Lipinski definition) is 0. The van der Waals surface area contributed by atoms with Crippen molar-refractivity contribution < 1.29 is 21.2 Å². The molecule has 0 spiro atoms. The van der Waals surface area contributed by atoms with Crippen LogP contribution >= 0.6 is 0 Å². The van der Waals surface area contributed by atoms with E-state index < -0.39 is 0 Å². The van der Waals surface area contributed by atoms with Gasteiger partial charge in [0.2, 0.25) is 3.57 Å². The minimum Gasteiger partial charge on any atom is -0.0619 e. The molecule has 3 aliphatic carbocycles. The maximum Gasteiger partial charge on any atom is 0.358 e. The molecule has 3 saturated carbocycles. The summed E-state index contributed by atoms with van der Waals surface area (Å²) in [5, 5.41) is 0. The molecule has 2 aromatic rings. The summed E-state index contributed by atoms with van der Waals surface area (Å²) in [6.07, 6.45) is 21.6. The molecule has 0 N–H and O–H groups in total. The lowest BCUT2D eigenvalue weighted by molar-refractivity contribution is -0.599. The average molecular weight is 528 g/mol. The zero-order valence-electron chi connectivity index (χ0n) is 19.3. The van der Waals surface area contributed by atoms with Crippen LogP contribution in [0.2, 0.25) is 0 Å². The van der Waals surface area contributed by atoms with E-state index in [1.807, 2.05) is 14.7 Å². The fraction of sp³-hybridized carbons (Fsp3) is 0.600. The van der Waals surface area contributed by atoms with Crippen molar-refractivity contribution in [1.82, 2.24) is 0 Å². The molecule has 1 heteroatoms. The molecule has 3 aliphatic rings. The van der Waals surface area contributed by atoms with E-state index in [-0.39, 0.29) is 21.2 Å². The first-order chi connectivity index (χ1) is 15.4. The number of benzene rings is 2. The minimum absolute atomic E-state index is 0.100. The van der Waals surface area contributed by atoms with Crippen LogP contribution < -0.4 is 21.2 Å². The number of halogens is 1. The van der Waals surface area contributed by atoms with E-state index in [1.165, 1.54) is 96.3 Å². The quantitative estimate of drug-likeness (QED) is 0.421. The average Bonchev–Trinajstić information content (AvgIpc) is 2.86. The Morgan fingerprint density at radius 2 is 0.968 bits per heavy atom. The minimum atomic E-state index is -0.100. The van der Waals surface area contributed by atoms with E-state index in [0.717, 1.165) is 17.8 Å². The highest BCUT2D eigenvalue weighted by Crippen LogP contribution is 2.41. The summed E-state index contributed by atoms with van der Waals surface area (Å²) < 4.78 is 3.46. The zero-order chi connectivity index (χ0) is 20.9. The first-order valence-electron chi connectivity index (χ1n) is 13.3. The van der Waals surface area contributed by atoms with Gasteiger partial charge in [0.15, 0.2) is 3.57 Å². The van der Waals surface area contributed by atoms with Gasteiger partial charge in [-0.1, -0.05) is 88.1 Å². The second-order valence-electron chi connectivity index (χ2n) is 10.4. The van der Waals surface area contributed by atoms with Crippen LogP contribution in [0.15, 0.2) is 42.5 Å². The van der Waals surface area contributed by atoms with Crippen molar-refractivity contribution in [1.29, 1.82) is 0 Å². The summed E-state index contributed by atoms with van der Waals surface area (Å²) >= 11 is -0.100. The van der Waals surface area contributed by atoms with E-state index in [0.29, 0.717) is 0 Å². The molecule has 0 nitrogen and oxygen atoms in total. The Kier molecular flexibility index (Phi) is 7.70. The van der Waals surface area contributed by atoms with Crippen LogP contribution in [0, 0.1) is 7.14 Å². The van der Waals surface area contributed by atoms with Crippen LogP contribution in [0.1, 0.15) is 131 Å². The van der Waals surface area contributed by atoms with Gasteiger partial charge in [-0.15, -0.1) is 0 Å². The highest BCUT2D eigenvalue weighted by molar-refractivity contribution is 5.36. The van der Waals surface area contributed by atoms with Gasteiger partial charge in [-0.3, -0.25) is 0 Å². The van der Waals surface area contributed by atoms with Crippen LogP contribution in [0.4, 0.5) is 0 Å². The Balaban J connectivity index is 1.60. The van der Waals surface area contributed by atoms with Crippen LogP contribution in [0.3, 0.4) is 0 Å². The van der Waals surface area contributed by atoms with Gasteiger partial charge in [-0.25, -0.2) is 0 Å². The van der Waals surface area contributed by atoms with Gasteiger partial charge in [-0.05, 0) is 74.0 Å². The van der Waals surface area contributed by atoms with E-state index in [1.54, 1.807) is 9.13 Å². The van der Waals surface area contributed by atoms with Crippen LogP contribution in [-0.4, -0.2) is 0 Å². The summed E-state index contributed by atoms with van der Waals surface area (Å²) in [5.41, 5.74) is 5.38. The van der Waals surface area contributed by atoms with Gasteiger partial charge in [0, 0.05) is 11.1 Å². The smallest absolute Gasteiger partial charge is 0.0619 e. The molecule has 5 rings (SSSR count). The predicted octanol–water partition coefficient (Wildman–Crippen LogP) is 5.96. The summed E-state index contributed by atoms with van der Waals surface area (Å²) in [4.78, 5) is 0. The van der Waals surface area contributed by atoms with Crippen molar-refractivity contribution in [2.24, 2.45) is 0 Å². The molecule has 0 heterocycles. The molecule has 0 saturated heterocycles. The zero-order valence-corrected chi connectivity index (χ0v) is 21.4. The lowest BCUT2D eigenvalue weighted by atomic mass is 9.76. The summed E-state index contributed by atoms with van der Waals surface area (Å²) in [7, 11) is 0. The van der Waals surface area contributed by atoms with Crippen molar-refractivity contribution >= 4 is 0 Å². The van der Waals surface area contributed by atoms with E-state index in [2.05, 4.69) is 42.5 Å². The molecule has 166 valence electrons. The van der Waals surface area contributed by atoms with Gasteiger partial charge in [0.05, 0.1) is 0 Å². The van der Waals surface area contributed by atoms with Gasteiger partial charge >= 0.3 is 21.2 Å². The maximum atomic E-state index is 2.76. The van der Waals surface area contributed by atoms with Crippen LogP contribution in [0.25, 0.3) is 0 Å². The Morgan fingerprint density at radius 1 is 0.516 bits per heavy atom. The second kappa shape index (κ2) is 10.9. The van der Waals surface area contributed by atoms with Gasteiger partial charge in [-0.2, -0.15) is 0 Å². The molecule has 0 atom stereocenters. The molecule has 3 fully saturated rings. The van der Waals surface area contributed by atoms with Gasteiger partial charge in [0.25, 0.3) is 0 Å². The largest absolute Gasteiger partial charge is 0.358 e. The van der Waals surface area contributed by atoms with Crippen molar-refractivity contribution in [3.8, 4) is 0 Å². The monoisotopic (exact) mass is 527 g/mol. The first-order valence-corrected chi connectivity index (χ1v) is 15.4. The molecule has 2 aromatic carbocycles. The highest BCUT2D eigenvalue weighted by Gasteiger charge is 2.34. The molecule has 0 aliphatic heterocycles. The van der Waals surface area contributed by atoms with E-state index in [4.69, 9.17) is 0 Å². The lowest BCUT2D eigenvalue weighted by Gasteiger charge is -2.29. The fourth-order valence-electron chi connectivity index (χ4n) is 6.48. The Hall–Kier alpha value is -0.830. The Labute approximate surface area is 200 Å². The Morgan fingerprint density at radius 3 is 1.45 bits per heavy atom. The second-order valence-corrected chi connectivity index (χ2v) is 13.3. The van der Waals surface area contributed by atoms with Crippen LogP contribution in [0.5, 0.6) is 0 Å². The third-order valence-electron chi connectivity index (χ3n) is 8.25. The van der Waals surface area contributed by atoms with E-state index in [9.17, 15) is 0 Å². The third-order valence-corrected chi connectivity index (χ3v) is 11.4. The maximum absolute atomic E-state index is 2.76. The van der Waals surface area contributed by atoms with E-state index >= 15 is 0 Å². The molecule has 0 radical (unpaired) electrons. The molecule has 0 aromatic heterocycles. The molecular weight excluding hydrogens is 487 g/mol. The summed E-state index contributed by atoms with van der Waals surface area (Å²) in [5.74, 6) is 2.50. The summed E-state index contributed by atoms with van der Waals surface area (Å²) in [6, 6.07) is 17.0. The Bertz CT molecular complexity index is 782. The number of rotatable bonds is 5. The summed E-state index contributed by atoms with van der Waals surface area (Å²) in [6.45, 7) is 0. The standard InChI is InChI=1S/C30H40I/c1-5-13-23(14-6-1)26-21-28(24-15-7-2-8-16-24)30(31-27-19-11-4-12-20-27)29(22-26)25-17-9-3-10-18-25/h4,11-12,19-25H,1-3,5-10,13-18H2/q+1. The van der Waals surface area contributed by atoms with Gasteiger partial charge < -0.3 is 0 Å². The highest BCUT2D eigenvalue weighted by atomic mass is 127. The van der Waals surface area contributed by atoms with Crippen molar-refractivity contribution in [2.45, 2.75) is 114 Å². The molecule has 31 heavy (non-hydrogen) atoms.